The van der Waals surface area contributed by atoms with E-state index < -0.39 is 0 Å². The van der Waals surface area contributed by atoms with Crippen molar-refractivity contribution in [3.63, 3.8) is 0 Å². The summed E-state index contributed by atoms with van der Waals surface area (Å²) in [7, 11) is 0. The van der Waals surface area contributed by atoms with E-state index in [1.165, 1.54) is 35.1 Å². The van der Waals surface area contributed by atoms with Crippen LogP contribution in [0.1, 0.15) is 42.4 Å². The van der Waals surface area contributed by atoms with E-state index in [0.29, 0.717) is 6.04 Å². The number of nitrogens with zero attached hydrogens (tertiary/aromatic N) is 4. The van der Waals surface area contributed by atoms with Gasteiger partial charge in [-0.2, -0.15) is 5.10 Å². The van der Waals surface area contributed by atoms with Crippen LogP contribution in [0.5, 0.6) is 0 Å². The highest BCUT2D eigenvalue weighted by atomic mass is 16.3. The van der Waals surface area contributed by atoms with Crippen LogP contribution < -0.4 is 0 Å². The molecule has 5 nitrogen and oxygen atoms in total. The molecule has 3 aromatic rings. The number of rotatable bonds is 5. The van der Waals surface area contributed by atoms with Gasteiger partial charge >= 0.3 is 0 Å². The SMILES string of the molecule is Cc1ccc(-n2cc(CN3CCC(N4CCCC(O)C4)CC3)c(-c3cccc(C)c3)n2)cc1. The number of β-amino-alcohol motifs (C(OH)–C–C–N with tert-alkyl or cyclic N) is 1. The van der Waals surface area contributed by atoms with Crippen LogP contribution in [0.25, 0.3) is 16.9 Å². The quantitative estimate of drug-likeness (QED) is 0.626. The fraction of sp³-hybridized carbons (Fsp3) is 0.464. The molecule has 1 unspecified atom stereocenters. The minimum atomic E-state index is -0.138. The number of aromatic nitrogens is 2. The predicted molar refractivity (Wildman–Crippen MR) is 134 cm³/mol. The van der Waals surface area contributed by atoms with E-state index in [1.54, 1.807) is 0 Å². The number of hydrogen-bond acceptors (Lipinski definition) is 4. The third-order valence-corrected chi connectivity index (χ3v) is 7.28. The summed E-state index contributed by atoms with van der Waals surface area (Å²) in [5.74, 6) is 0. The molecule has 1 N–H and O–H groups in total. The summed E-state index contributed by atoms with van der Waals surface area (Å²) in [5, 5.41) is 15.1. The lowest BCUT2D eigenvalue weighted by atomic mass is 9.98. The number of aliphatic hydroxyl groups excluding tert-OH is 1. The van der Waals surface area contributed by atoms with Gasteiger partial charge in [0.2, 0.25) is 0 Å². The summed E-state index contributed by atoms with van der Waals surface area (Å²) in [6, 6.07) is 17.9. The lowest BCUT2D eigenvalue weighted by molar-refractivity contribution is 0.0243. The third kappa shape index (κ3) is 5.21. The van der Waals surface area contributed by atoms with Gasteiger partial charge in [-0.1, -0.05) is 41.5 Å². The summed E-state index contributed by atoms with van der Waals surface area (Å²) in [4.78, 5) is 5.10. The van der Waals surface area contributed by atoms with Crippen molar-refractivity contribution in [3.05, 3.63) is 71.4 Å². The van der Waals surface area contributed by atoms with Gasteiger partial charge in [-0.3, -0.25) is 9.80 Å². The Morgan fingerprint density at radius 3 is 2.45 bits per heavy atom. The molecule has 0 saturated carbocycles. The van der Waals surface area contributed by atoms with Crippen LogP contribution in [-0.4, -0.2) is 63.0 Å². The molecule has 2 aromatic carbocycles. The highest BCUT2D eigenvalue weighted by Crippen LogP contribution is 2.28. The van der Waals surface area contributed by atoms with Gasteiger partial charge in [-0.25, -0.2) is 4.68 Å². The van der Waals surface area contributed by atoms with Crippen molar-refractivity contribution >= 4 is 0 Å². The van der Waals surface area contributed by atoms with E-state index in [-0.39, 0.29) is 6.10 Å². The second kappa shape index (κ2) is 9.80. The molecule has 1 aromatic heterocycles. The van der Waals surface area contributed by atoms with Crippen molar-refractivity contribution in [2.24, 2.45) is 0 Å². The summed E-state index contributed by atoms with van der Waals surface area (Å²) in [6.07, 6.45) is 6.52. The molecule has 0 spiro atoms. The molecule has 5 heteroatoms. The first kappa shape index (κ1) is 22.3. The minimum absolute atomic E-state index is 0.138. The maximum Gasteiger partial charge on any atom is 0.0972 e. The maximum atomic E-state index is 10.1. The number of hydrogen-bond donors (Lipinski definition) is 1. The highest BCUT2D eigenvalue weighted by molar-refractivity contribution is 5.64. The largest absolute Gasteiger partial charge is 0.392 e. The van der Waals surface area contributed by atoms with Gasteiger partial charge in [-0.05, 0) is 77.4 Å². The summed E-state index contributed by atoms with van der Waals surface area (Å²) >= 11 is 0. The van der Waals surface area contributed by atoms with E-state index in [4.69, 9.17) is 5.10 Å². The number of benzene rings is 2. The number of piperidine rings is 2. The first-order valence-corrected chi connectivity index (χ1v) is 12.4. The number of likely N-dealkylation sites (tertiary alicyclic amines) is 2. The topological polar surface area (TPSA) is 44.5 Å². The predicted octanol–water partition coefficient (Wildman–Crippen LogP) is 4.58. The van der Waals surface area contributed by atoms with Crippen molar-refractivity contribution in [3.8, 4) is 16.9 Å². The van der Waals surface area contributed by atoms with Gasteiger partial charge in [0.15, 0.2) is 0 Å². The van der Waals surface area contributed by atoms with Crippen LogP contribution in [0, 0.1) is 13.8 Å². The van der Waals surface area contributed by atoms with Crippen LogP contribution >= 0.6 is 0 Å². The fourth-order valence-corrected chi connectivity index (χ4v) is 5.39. The molecule has 2 aliphatic heterocycles. The lowest BCUT2D eigenvalue weighted by Crippen LogP contribution is -2.49. The number of aliphatic hydroxyl groups is 1. The van der Waals surface area contributed by atoms with E-state index in [9.17, 15) is 5.11 Å². The van der Waals surface area contributed by atoms with Gasteiger partial charge in [-0.15, -0.1) is 0 Å². The molecule has 1 atom stereocenters. The lowest BCUT2D eigenvalue weighted by Gasteiger charge is -2.41. The molecule has 0 radical (unpaired) electrons. The van der Waals surface area contributed by atoms with E-state index in [2.05, 4.69) is 78.4 Å². The number of aryl methyl sites for hydroxylation is 2. The Morgan fingerprint density at radius 2 is 1.73 bits per heavy atom. The van der Waals surface area contributed by atoms with Crippen molar-refractivity contribution in [2.45, 2.75) is 58.2 Å². The Balaban J connectivity index is 1.34. The molecule has 2 fully saturated rings. The molecule has 0 aliphatic carbocycles. The first-order chi connectivity index (χ1) is 16.0. The van der Waals surface area contributed by atoms with Gasteiger partial charge < -0.3 is 5.11 Å². The second-order valence-corrected chi connectivity index (χ2v) is 9.95. The molecular formula is C28H36N4O. The molecule has 2 saturated heterocycles. The Hall–Kier alpha value is -2.47. The molecule has 2 aliphatic rings. The Labute approximate surface area is 197 Å². The normalized spacial score (nSPS) is 20.9. The minimum Gasteiger partial charge on any atom is -0.392 e. The maximum absolute atomic E-state index is 10.1. The van der Waals surface area contributed by atoms with Gasteiger partial charge in [0, 0.05) is 36.5 Å². The average molecular weight is 445 g/mol. The van der Waals surface area contributed by atoms with Gasteiger partial charge in [0.05, 0.1) is 17.5 Å². The molecule has 0 amide bonds. The zero-order chi connectivity index (χ0) is 22.8. The van der Waals surface area contributed by atoms with Crippen LogP contribution in [0.4, 0.5) is 0 Å². The second-order valence-electron chi connectivity index (χ2n) is 9.95. The standard InChI is InChI=1S/C28H36N4O/c1-21-8-10-26(11-9-21)32-19-24(28(29-32)23-6-3-5-22(2)17-23)18-30-15-12-25(13-16-30)31-14-4-7-27(33)20-31/h3,5-6,8-11,17,19,25,27,33H,4,7,12-16,18,20H2,1-2H3. The molecular weight excluding hydrogens is 408 g/mol. The Bertz CT molecular complexity index is 1070. The molecule has 33 heavy (non-hydrogen) atoms. The van der Waals surface area contributed by atoms with Crippen molar-refractivity contribution < 1.29 is 5.11 Å². The van der Waals surface area contributed by atoms with E-state index >= 15 is 0 Å². The zero-order valence-electron chi connectivity index (χ0n) is 20.0. The summed E-state index contributed by atoms with van der Waals surface area (Å²) in [6.45, 7) is 9.37. The fourth-order valence-electron chi connectivity index (χ4n) is 5.39. The summed E-state index contributed by atoms with van der Waals surface area (Å²) in [5.41, 5.74) is 7.17. The summed E-state index contributed by atoms with van der Waals surface area (Å²) < 4.78 is 2.04. The van der Waals surface area contributed by atoms with Crippen molar-refractivity contribution in [1.29, 1.82) is 0 Å². The molecule has 174 valence electrons. The van der Waals surface area contributed by atoms with Crippen LogP contribution in [0.2, 0.25) is 0 Å². The third-order valence-electron chi connectivity index (χ3n) is 7.28. The molecule has 0 bridgehead atoms. The van der Waals surface area contributed by atoms with E-state index in [0.717, 1.165) is 56.9 Å². The highest BCUT2D eigenvalue weighted by Gasteiger charge is 2.28. The monoisotopic (exact) mass is 444 g/mol. The van der Waals surface area contributed by atoms with Crippen molar-refractivity contribution in [2.75, 3.05) is 26.2 Å². The Morgan fingerprint density at radius 1 is 0.939 bits per heavy atom. The molecule has 5 rings (SSSR count). The average Bonchev–Trinajstić information content (AvgIpc) is 3.24. The van der Waals surface area contributed by atoms with Crippen LogP contribution in [0.3, 0.4) is 0 Å². The first-order valence-electron chi connectivity index (χ1n) is 12.4. The molecule has 3 heterocycles. The smallest absolute Gasteiger partial charge is 0.0972 e. The van der Waals surface area contributed by atoms with Crippen LogP contribution in [0.15, 0.2) is 54.7 Å². The van der Waals surface area contributed by atoms with E-state index in [1.807, 2.05) is 4.68 Å². The van der Waals surface area contributed by atoms with Crippen molar-refractivity contribution in [1.82, 2.24) is 19.6 Å². The Kier molecular flexibility index (Phi) is 6.63. The zero-order valence-corrected chi connectivity index (χ0v) is 20.0. The van der Waals surface area contributed by atoms with Gasteiger partial charge in [0.1, 0.15) is 0 Å². The van der Waals surface area contributed by atoms with Gasteiger partial charge in [0.25, 0.3) is 0 Å². The van der Waals surface area contributed by atoms with Crippen LogP contribution in [-0.2, 0) is 6.54 Å².